The van der Waals surface area contributed by atoms with E-state index in [4.69, 9.17) is 5.73 Å². The molecule has 1 rings (SSSR count). The Bertz CT molecular complexity index is 225. The minimum atomic E-state index is 0.0229. The van der Waals surface area contributed by atoms with Gasteiger partial charge in [-0.25, -0.2) is 0 Å². The molecule has 0 bridgehead atoms. The molecule has 74 valence electrons. The molecule has 1 heterocycles. The molecular formula is C9H17N3O. The average Bonchev–Trinajstić information content (AvgIpc) is 2.02. The number of hydrogen-bond acceptors (Lipinski definition) is 3. The van der Waals surface area contributed by atoms with E-state index in [2.05, 4.69) is 17.2 Å². The van der Waals surface area contributed by atoms with Crippen molar-refractivity contribution in [2.45, 2.75) is 20.3 Å². The Labute approximate surface area is 78.6 Å². The van der Waals surface area contributed by atoms with Gasteiger partial charge in [0.15, 0.2) is 0 Å². The Hall–Kier alpha value is -1.06. The Balaban J connectivity index is 2.39. The van der Waals surface area contributed by atoms with Crippen LogP contribution in [0.4, 0.5) is 0 Å². The zero-order valence-corrected chi connectivity index (χ0v) is 8.21. The Morgan fingerprint density at radius 2 is 2.46 bits per heavy atom. The summed E-state index contributed by atoms with van der Waals surface area (Å²) < 4.78 is 0. The minimum absolute atomic E-state index is 0.0229. The number of nitrogens with two attached hydrogens (primary N) is 1. The van der Waals surface area contributed by atoms with Crippen molar-refractivity contribution < 1.29 is 4.79 Å². The van der Waals surface area contributed by atoms with E-state index in [-0.39, 0.29) is 5.91 Å². The second-order valence-electron chi connectivity index (χ2n) is 3.71. The van der Waals surface area contributed by atoms with Crippen LogP contribution in [0.3, 0.4) is 0 Å². The molecule has 0 aliphatic carbocycles. The summed E-state index contributed by atoms with van der Waals surface area (Å²) in [7, 11) is 0. The highest BCUT2D eigenvalue weighted by atomic mass is 16.1. The summed E-state index contributed by atoms with van der Waals surface area (Å²) >= 11 is 0. The van der Waals surface area contributed by atoms with Crippen LogP contribution in [0.5, 0.6) is 0 Å². The van der Waals surface area contributed by atoms with Crippen LogP contribution in [-0.2, 0) is 4.79 Å². The van der Waals surface area contributed by atoms with E-state index in [1.54, 1.807) is 0 Å². The summed E-state index contributed by atoms with van der Waals surface area (Å²) in [6.45, 7) is 5.14. The number of hydrogen-bond donors (Lipinski definition) is 2. The van der Waals surface area contributed by atoms with Crippen LogP contribution in [0.15, 0.2) is 4.99 Å². The number of nitrogens with one attached hydrogen (secondary N) is 1. The average molecular weight is 183 g/mol. The Morgan fingerprint density at radius 3 is 3.00 bits per heavy atom. The van der Waals surface area contributed by atoms with Crippen molar-refractivity contribution in [2.75, 3.05) is 13.1 Å². The molecule has 1 aliphatic rings. The van der Waals surface area contributed by atoms with Crippen molar-refractivity contribution in [1.82, 2.24) is 5.32 Å². The SMILES string of the molecule is CC(=O)NC[C@H]1CN=C(N)C[C@H]1C. The molecule has 1 aliphatic heterocycles. The number of amides is 1. The first-order chi connectivity index (χ1) is 6.09. The highest BCUT2D eigenvalue weighted by molar-refractivity contribution is 5.81. The second-order valence-corrected chi connectivity index (χ2v) is 3.71. The third kappa shape index (κ3) is 3.05. The molecule has 0 fully saturated rings. The molecular weight excluding hydrogens is 166 g/mol. The van der Waals surface area contributed by atoms with E-state index >= 15 is 0 Å². The lowest BCUT2D eigenvalue weighted by Crippen LogP contribution is -2.36. The van der Waals surface area contributed by atoms with Crippen molar-refractivity contribution in [2.24, 2.45) is 22.6 Å². The summed E-state index contributed by atoms with van der Waals surface area (Å²) in [4.78, 5) is 14.9. The summed E-state index contributed by atoms with van der Waals surface area (Å²) in [5, 5.41) is 2.81. The van der Waals surface area contributed by atoms with Crippen LogP contribution in [0.25, 0.3) is 0 Å². The van der Waals surface area contributed by atoms with E-state index in [0.29, 0.717) is 18.4 Å². The maximum absolute atomic E-state index is 10.7. The normalized spacial score (nSPS) is 28.0. The van der Waals surface area contributed by atoms with E-state index in [1.165, 1.54) is 6.92 Å². The highest BCUT2D eigenvalue weighted by Gasteiger charge is 2.21. The number of carbonyl (C=O) groups is 1. The van der Waals surface area contributed by atoms with Crippen LogP contribution < -0.4 is 11.1 Å². The summed E-state index contributed by atoms with van der Waals surface area (Å²) in [5.74, 6) is 1.72. The number of amidine groups is 1. The first-order valence-electron chi connectivity index (χ1n) is 4.63. The number of carbonyl (C=O) groups excluding carboxylic acids is 1. The van der Waals surface area contributed by atoms with Crippen LogP contribution in [0.1, 0.15) is 20.3 Å². The van der Waals surface area contributed by atoms with Gasteiger partial charge in [-0.15, -0.1) is 0 Å². The molecule has 2 atom stereocenters. The fraction of sp³-hybridized carbons (Fsp3) is 0.778. The van der Waals surface area contributed by atoms with E-state index in [0.717, 1.165) is 18.8 Å². The predicted molar refractivity (Wildman–Crippen MR) is 52.4 cm³/mol. The van der Waals surface area contributed by atoms with Gasteiger partial charge >= 0.3 is 0 Å². The molecule has 0 aromatic rings. The van der Waals surface area contributed by atoms with E-state index in [9.17, 15) is 4.79 Å². The number of aliphatic imine (C=N–C) groups is 1. The minimum Gasteiger partial charge on any atom is -0.387 e. The van der Waals surface area contributed by atoms with Gasteiger partial charge in [-0.3, -0.25) is 9.79 Å². The Kier molecular flexibility index (Phi) is 3.28. The Morgan fingerprint density at radius 1 is 1.77 bits per heavy atom. The number of rotatable bonds is 2. The lowest BCUT2D eigenvalue weighted by Gasteiger charge is -2.26. The van der Waals surface area contributed by atoms with Crippen molar-refractivity contribution in [3.63, 3.8) is 0 Å². The third-order valence-corrected chi connectivity index (χ3v) is 2.48. The van der Waals surface area contributed by atoms with Gasteiger partial charge in [0.2, 0.25) is 5.91 Å². The molecule has 13 heavy (non-hydrogen) atoms. The van der Waals surface area contributed by atoms with Gasteiger partial charge < -0.3 is 11.1 Å². The maximum Gasteiger partial charge on any atom is 0.216 e. The van der Waals surface area contributed by atoms with Crippen molar-refractivity contribution in [1.29, 1.82) is 0 Å². The van der Waals surface area contributed by atoms with Crippen LogP contribution >= 0.6 is 0 Å². The second kappa shape index (κ2) is 4.25. The lowest BCUT2D eigenvalue weighted by molar-refractivity contribution is -0.119. The first-order valence-corrected chi connectivity index (χ1v) is 4.63. The molecule has 1 amide bonds. The molecule has 0 radical (unpaired) electrons. The molecule has 0 saturated carbocycles. The molecule has 0 aromatic carbocycles. The summed E-state index contributed by atoms with van der Waals surface area (Å²) in [6, 6.07) is 0. The van der Waals surface area contributed by atoms with Gasteiger partial charge in [0.25, 0.3) is 0 Å². The molecule has 4 heteroatoms. The topological polar surface area (TPSA) is 67.5 Å². The fourth-order valence-electron chi connectivity index (χ4n) is 1.52. The molecule has 0 unspecified atom stereocenters. The van der Waals surface area contributed by atoms with Crippen LogP contribution in [0, 0.1) is 11.8 Å². The molecule has 4 nitrogen and oxygen atoms in total. The van der Waals surface area contributed by atoms with E-state index in [1.807, 2.05) is 0 Å². The quantitative estimate of drug-likeness (QED) is 0.639. The summed E-state index contributed by atoms with van der Waals surface area (Å²) in [5.41, 5.74) is 5.61. The maximum atomic E-state index is 10.7. The predicted octanol–water partition coefficient (Wildman–Crippen LogP) is 0.136. The monoisotopic (exact) mass is 183 g/mol. The van der Waals surface area contributed by atoms with Gasteiger partial charge in [-0.2, -0.15) is 0 Å². The zero-order chi connectivity index (χ0) is 9.84. The lowest BCUT2D eigenvalue weighted by atomic mass is 9.88. The van der Waals surface area contributed by atoms with Crippen molar-refractivity contribution in [3.05, 3.63) is 0 Å². The fourth-order valence-corrected chi connectivity index (χ4v) is 1.52. The smallest absolute Gasteiger partial charge is 0.216 e. The molecule has 0 aromatic heterocycles. The van der Waals surface area contributed by atoms with Crippen molar-refractivity contribution >= 4 is 11.7 Å². The van der Waals surface area contributed by atoms with Gasteiger partial charge in [0.05, 0.1) is 5.84 Å². The van der Waals surface area contributed by atoms with Crippen LogP contribution in [-0.4, -0.2) is 24.8 Å². The first kappa shape index (κ1) is 10.0. The molecule has 0 saturated heterocycles. The number of nitrogens with zero attached hydrogens (tertiary/aromatic N) is 1. The third-order valence-electron chi connectivity index (χ3n) is 2.48. The van der Waals surface area contributed by atoms with Gasteiger partial charge in [-0.05, 0) is 11.8 Å². The van der Waals surface area contributed by atoms with Crippen molar-refractivity contribution in [3.8, 4) is 0 Å². The largest absolute Gasteiger partial charge is 0.387 e. The zero-order valence-electron chi connectivity index (χ0n) is 8.21. The van der Waals surface area contributed by atoms with Crippen LogP contribution in [0.2, 0.25) is 0 Å². The highest BCUT2D eigenvalue weighted by Crippen LogP contribution is 2.19. The van der Waals surface area contributed by atoms with Gasteiger partial charge in [-0.1, -0.05) is 6.92 Å². The van der Waals surface area contributed by atoms with Gasteiger partial charge in [0.1, 0.15) is 0 Å². The molecule has 0 spiro atoms. The standard InChI is InChI=1S/C9H17N3O/c1-6-3-9(10)12-5-8(6)4-11-7(2)13/h6,8H,3-5H2,1-2H3,(H2,10,12)(H,11,13)/t6-,8+/m1/s1. The van der Waals surface area contributed by atoms with Gasteiger partial charge in [0, 0.05) is 26.4 Å². The molecule has 3 N–H and O–H groups in total. The van der Waals surface area contributed by atoms with E-state index < -0.39 is 0 Å². The summed E-state index contributed by atoms with van der Waals surface area (Å²) in [6.07, 6.45) is 0.851.